The summed E-state index contributed by atoms with van der Waals surface area (Å²) >= 11 is 3.44. The summed E-state index contributed by atoms with van der Waals surface area (Å²) in [5, 5.41) is 24.8. The zero-order valence-electron chi connectivity index (χ0n) is 15.0. The van der Waals surface area contributed by atoms with Crippen LogP contribution in [0.2, 0.25) is 0 Å². The number of aliphatic hydroxyl groups is 2. The molecule has 2 rings (SSSR count). The van der Waals surface area contributed by atoms with Gasteiger partial charge in [-0.1, -0.05) is 58.4 Å². The van der Waals surface area contributed by atoms with E-state index in [4.69, 9.17) is 0 Å². The van der Waals surface area contributed by atoms with Gasteiger partial charge in [0.1, 0.15) is 0 Å². The lowest BCUT2D eigenvalue weighted by Gasteiger charge is -2.34. The van der Waals surface area contributed by atoms with E-state index >= 15 is 0 Å². The Morgan fingerprint density at radius 2 is 1.56 bits per heavy atom. The first kappa shape index (κ1) is 20.1. The van der Waals surface area contributed by atoms with Crippen molar-refractivity contribution in [3.63, 3.8) is 0 Å². The van der Waals surface area contributed by atoms with Crippen molar-refractivity contribution in [1.82, 2.24) is 5.32 Å². The number of hydrogen-bond acceptors (Lipinski definition) is 3. The Labute approximate surface area is 159 Å². The second-order valence-corrected chi connectivity index (χ2v) is 8.18. The number of benzene rings is 2. The van der Waals surface area contributed by atoms with Crippen molar-refractivity contribution in [2.24, 2.45) is 0 Å². The van der Waals surface area contributed by atoms with Crippen LogP contribution in [-0.4, -0.2) is 28.9 Å². The van der Waals surface area contributed by atoms with Gasteiger partial charge in [-0.3, -0.25) is 0 Å². The first-order valence-electron chi connectivity index (χ1n) is 8.74. The summed E-state index contributed by atoms with van der Waals surface area (Å²) in [4.78, 5) is 0. The fraction of sp³-hybridized carbons (Fsp3) is 0.429. The van der Waals surface area contributed by atoms with Crippen LogP contribution in [-0.2, 0) is 12.0 Å². The molecule has 0 aliphatic carbocycles. The Balaban J connectivity index is 1.88. The molecular formula is C21H28BrNO2. The van der Waals surface area contributed by atoms with E-state index in [-0.39, 0.29) is 0 Å². The Hall–Kier alpha value is -1.20. The zero-order valence-corrected chi connectivity index (χ0v) is 16.6. The highest BCUT2D eigenvalue weighted by molar-refractivity contribution is 9.10. The lowest BCUT2D eigenvalue weighted by molar-refractivity contribution is -0.0553. The maximum absolute atomic E-state index is 11.2. The van der Waals surface area contributed by atoms with Crippen molar-refractivity contribution in [2.75, 3.05) is 13.1 Å². The van der Waals surface area contributed by atoms with Crippen molar-refractivity contribution in [3.05, 3.63) is 70.2 Å². The topological polar surface area (TPSA) is 52.5 Å². The average molecular weight is 406 g/mol. The van der Waals surface area contributed by atoms with Gasteiger partial charge in [0, 0.05) is 10.9 Å². The van der Waals surface area contributed by atoms with Crippen molar-refractivity contribution in [2.45, 2.75) is 44.3 Å². The molecule has 0 aromatic heterocycles. The molecule has 3 N–H and O–H groups in total. The lowest BCUT2D eigenvalue weighted by Crippen LogP contribution is -2.38. The van der Waals surface area contributed by atoms with E-state index in [1.165, 1.54) is 5.56 Å². The maximum Gasteiger partial charge on any atom is 0.0935 e. The van der Waals surface area contributed by atoms with Crippen molar-refractivity contribution in [1.29, 1.82) is 0 Å². The van der Waals surface area contributed by atoms with Crippen LogP contribution in [0, 0.1) is 0 Å². The normalized spacial score (nSPS) is 14.3. The molecule has 0 radical (unpaired) electrons. The average Bonchev–Trinajstić information content (AvgIpc) is 2.55. The van der Waals surface area contributed by atoms with E-state index < -0.39 is 11.2 Å². The molecule has 136 valence electrons. The van der Waals surface area contributed by atoms with E-state index in [1.807, 2.05) is 42.5 Å². The third kappa shape index (κ3) is 6.90. The minimum atomic E-state index is -1.04. The highest BCUT2D eigenvalue weighted by atomic mass is 79.9. The van der Waals surface area contributed by atoms with Gasteiger partial charge in [0.15, 0.2) is 0 Å². The van der Waals surface area contributed by atoms with E-state index in [1.54, 1.807) is 13.8 Å². The highest BCUT2D eigenvalue weighted by Crippen LogP contribution is 2.33. The predicted molar refractivity (Wildman–Crippen MR) is 107 cm³/mol. The van der Waals surface area contributed by atoms with Crippen LogP contribution < -0.4 is 5.32 Å². The summed E-state index contributed by atoms with van der Waals surface area (Å²) < 4.78 is 1.09. The van der Waals surface area contributed by atoms with Gasteiger partial charge in [0.2, 0.25) is 0 Å². The molecule has 0 spiro atoms. The summed E-state index contributed by atoms with van der Waals surface area (Å²) in [5.41, 5.74) is 0.170. The molecule has 0 unspecified atom stereocenters. The molecule has 0 saturated carbocycles. The zero-order chi connectivity index (χ0) is 18.3. The van der Waals surface area contributed by atoms with E-state index in [0.717, 1.165) is 23.0 Å². The predicted octanol–water partition coefficient (Wildman–Crippen LogP) is 4.02. The molecule has 0 fully saturated rings. The van der Waals surface area contributed by atoms with Crippen molar-refractivity contribution in [3.8, 4) is 0 Å². The van der Waals surface area contributed by atoms with Gasteiger partial charge in [0.25, 0.3) is 0 Å². The molecule has 3 nitrogen and oxygen atoms in total. The van der Waals surface area contributed by atoms with Gasteiger partial charge in [-0.25, -0.2) is 0 Å². The van der Waals surface area contributed by atoms with Gasteiger partial charge >= 0.3 is 0 Å². The van der Waals surface area contributed by atoms with Gasteiger partial charge in [-0.2, -0.15) is 0 Å². The van der Waals surface area contributed by atoms with Crippen LogP contribution in [0.4, 0.5) is 0 Å². The molecule has 0 saturated heterocycles. The van der Waals surface area contributed by atoms with Crippen molar-refractivity contribution >= 4 is 15.9 Å². The fourth-order valence-electron chi connectivity index (χ4n) is 3.10. The highest BCUT2D eigenvalue weighted by Gasteiger charge is 2.34. The molecule has 0 aliphatic heterocycles. The third-order valence-corrected chi connectivity index (χ3v) is 4.78. The van der Waals surface area contributed by atoms with E-state index in [0.29, 0.717) is 19.4 Å². The van der Waals surface area contributed by atoms with E-state index in [2.05, 4.69) is 33.4 Å². The second-order valence-electron chi connectivity index (χ2n) is 7.26. The molecule has 0 bridgehead atoms. The molecule has 4 heteroatoms. The van der Waals surface area contributed by atoms with Crippen LogP contribution in [0.5, 0.6) is 0 Å². The molecule has 2 aromatic rings. The molecular weight excluding hydrogens is 378 g/mol. The van der Waals surface area contributed by atoms with Crippen LogP contribution in [0.3, 0.4) is 0 Å². The van der Waals surface area contributed by atoms with Crippen LogP contribution in [0.15, 0.2) is 59.1 Å². The van der Waals surface area contributed by atoms with Crippen LogP contribution >= 0.6 is 15.9 Å². The van der Waals surface area contributed by atoms with Crippen LogP contribution in [0.25, 0.3) is 0 Å². The summed E-state index contributed by atoms with van der Waals surface area (Å²) in [5.74, 6) is 0. The molecule has 25 heavy (non-hydrogen) atoms. The van der Waals surface area contributed by atoms with Crippen LogP contribution in [0.1, 0.15) is 37.8 Å². The summed E-state index contributed by atoms with van der Waals surface area (Å²) in [7, 11) is 0. The van der Waals surface area contributed by atoms with Gasteiger partial charge in [0.05, 0.1) is 11.2 Å². The SMILES string of the molecule is CC(C)(O)C[C@@](O)(CCNCCc1ccc(Br)cc1)c1ccccc1. The first-order valence-corrected chi connectivity index (χ1v) is 9.53. The molecule has 0 amide bonds. The number of halogens is 1. The largest absolute Gasteiger partial charge is 0.390 e. The Kier molecular flexibility index (Phi) is 7.20. The van der Waals surface area contributed by atoms with E-state index in [9.17, 15) is 10.2 Å². The molecule has 0 heterocycles. The summed E-state index contributed by atoms with van der Waals surface area (Å²) in [6.45, 7) is 5.02. The summed E-state index contributed by atoms with van der Waals surface area (Å²) in [6, 6.07) is 17.9. The number of nitrogens with one attached hydrogen (secondary N) is 1. The molecule has 2 aromatic carbocycles. The number of rotatable bonds is 9. The fourth-order valence-corrected chi connectivity index (χ4v) is 3.37. The van der Waals surface area contributed by atoms with Gasteiger partial charge < -0.3 is 15.5 Å². The Morgan fingerprint density at radius 3 is 2.16 bits per heavy atom. The molecule has 1 atom stereocenters. The maximum atomic E-state index is 11.2. The smallest absolute Gasteiger partial charge is 0.0935 e. The minimum absolute atomic E-state index is 0.304. The van der Waals surface area contributed by atoms with Gasteiger partial charge in [-0.15, -0.1) is 0 Å². The quantitative estimate of drug-likeness (QED) is 0.552. The monoisotopic (exact) mass is 405 g/mol. The number of hydrogen-bond donors (Lipinski definition) is 3. The summed E-state index contributed by atoms with van der Waals surface area (Å²) in [6.07, 6.45) is 1.81. The van der Waals surface area contributed by atoms with Gasteiger partial charge in [-0.05, 0) is 63.0 Å². The molecule has 0 aliphatic rings. The Bertz CT molecular complexity index is 637. The van der Waals surface area contributed by atoms with Crippen molar-refractivity contribution < 1.29 is 10.2 Å². The standard InChI is InChI=1S/C21H28BrNO2/c1-20(2,24)16-21(25,18-6-4-3-5-7-18)13-15-23-14-12-17-8-10-19(22)11-9-17/h3-11,23-25H,12-16H2,1-2H3/t21-/m0/s1. The second kappa shape index (κ2) is 8.95. The lowest BCUT2D eigenvalue weighted by atomic mass is 9.81. The first-order chi connectivity index (χ1) is 11.8. The minimum Gasteiger partial charge on any atom is -0.390 e. The Morgan fingerprint density at radius 1 is 0.920 bits per heavy atom. The third-order valence-electron chi connectivity index (χ3n) is 4.26.